The van der Waals surface area contributed by atoms with Crippen molar-refractivity contribution < 1.29 is 99.2 Å². The lowest BCUT2D eigenvalue weighted by Gasteiger charge is -2.34. The van der Waals surface area contributed by atoms with E-state index < -0.39 is 82.4 Å². The maximum Gasteiger partial charge on any atom is 0.471 e. The Kier molecular flexibility index (Phi) is 8.26. The first-order chi connectivity index (χ1) is 17.0. The summed E-state index contributed by atoms with van der Waals surface area (Å²) in [6.07, 6.45) is -14.7. The zero-order valence-electron chi connectivity index (χ0n) is 17.3. The number of alkyl halides is 15. The molecule has 0 radical (unpaired) electrons. The lowest BCUT2D eigenvalue weighted by atomic mass is 9.99. The molecule has 1 aromatic carbocycles. The van der Waals surface area contributed by atoms with Gasteiger partial charge in [-0.05, 0) is 18.2 Å². The number of carboxylic acids is 2. The van der Waals surface area contributed by atoms with Gasteiger partial charge in [0.2, 0.25) is 11.7 Å². The van der Waals surface area contributed by atoms with E-state index in [1.54, 1.807) is 0 Å². The molecule has 0 aromatic heterocycles. The van der Waals surface area contributed by atoms with Crippen LogP contribution in [0.15, 0.2) is 29.9 Å². The zero-order chi connectivity index (χ0) is 31.4. The molecular formula is C17H5F17O5. The average Bonchev–Trinajstić information content (AvgIpc) is 2.75. The number of rotatable bonds is 10. The van der Waals surface area contributed by atoms with Crippen LogP contribution >= 0.6 is 0 Å². The molecule has 222 valence electrons. The number of halogens is 17. The van der Waals surface area contributed by atoms with Gasteiger partial charge in [-0.25, -0.2) is 18.4 Å². The zero-order valence-corrected chi connectivity index (χ0v) is 17.3. The molecule has 0 atom stereocenters. The highest BCUT2D eigenvalue weighted by atomic mass is 19.4. The largest absolute Gasteiger partial charge is 0.478 e. The van der Waals surface area contributed by atoms with Crippen LogP contribution < -0.4 is 4.74 Å². The number of hydrogen-bond donors (Lipinski definition) is 2. The summed E-state index contributed by atoms with van der Waals surface area (Å²) in [5.74, 6) is -57.0. The maximum absolute atomic E-state index is 13.9. The highest BCUT2D eigenvalue weighted by Gasteiger charge is 2.84. The van der Waals surface area contributed by atoms with Gasteiger partial charge in [-0.2, -0.15) is 65.9 Å². The van der Waals surface area contributed by atoms with Gasteiger partial charge >= 0.3 is 53.8 Å². The van der Waals surface area contributed by atoms with Crippen LogP contribution in [0.1, 0.15) is 20.7 Å². The number of carboxylic acid groups (broad SMARTS) is 2. The van der Waals surface area contributed by atoms with E-state index in [9.17, 15) is 84.2 Å². The van der Waals surface area contributed by atoms with Crippen molar-refractivity contribution in [2.45, 2.75) is 41.9 Å². The summed E-state index contributed by atoms with van der Waals surface area (Å²) in [7, 11) is 0. The number of ether oxygens (including phenoxy) is 1. The van der Waals surface area contributed by atoms with Crippen molar-refractivity contribution in [3.05, 3.63) is 41.0 Å². The van der Waals surface area contributed by atoms with E-state index in [-0.39, 0.29) is 18.2 Å². The molecule has 0 aliphatic heterocycles. The Labute approximate surface area is 201 Å². The molecule has 1 aromatic rings. The number of allylic oxidation sites excluding steroid dienone is 2. The minimum atomic E-state index is -8.21. The van der Waals surface area contributed by atoms with Crippen LogP contribution in [-0.2, 0) is 0 Å². The van der Waals surface area contributed by atoms with Crippen molar-refractivity contribution in [3.63, 3.8) is 0 Å². The Hall–Kier alpha value is -3.49. The van der Waals surface area contributed by atoms with Gasteiger partial charge < -0.3 is 14.9 Å². The van der Waals surface area contributed by atoms with E-state index >= 15 is 0 Å². The molecule has 0 spiro atoms. The first-order valence-electron chi connectivity index (χ1n) is 8.71. The van der Waals surface area contributed by atoms with Gasteiger partial charge in [-0.1, -0.05) is 0 Å². The molecule has 0 aliphatic rings. The van der Waals surface area contributed by atoms with Crippen LogP contribution in [0.4, 0.5) is 74.6 Å². The van der Waals surface area contributed by atoms with Gasteiger partial charge in [0.15, 0.2) is 0 Å². The van der Waals surface area contributed by atoms with Gasteiger partial charge in [-0.15, -0.1) is 0 Å². The summed E-state index contributed by atoms with van der Waals surface area (Å²) in [5.41, 5.74) is -2.72. The van der Waals surface area contributed by atoms with Crippen molar-refractivity contribution in [1.29, 1.82) is 0 Å². The first-order valence-corrected chi connectivity index (χ1v) is 8.71. The average molecular weight is 612 g/mol. The summed E-state index contributed by atoms with van der Waals surface area (Å²) in [5, 5.41) is 17.5. The number of aromatic carboxylic acids is 2. The molecular weight excluding hydrogens is 607 g/mol. The van der Waals surface area contributed by atoms with E-state index in [1.165, 1.54) is 0 Å². The molecule has 0 saturated heterocycles. The Morgan fingerprint density at radius 2 is 0.897 bits per heavy atom. The fraction of sp³-hybridized carbons (Fsp3) is 0.412. The molecule has 0 fully saturated rings. The number of carbonyl (C=O) groups is 2. The van der Waals surface area contributed by atoms with Gasteiger partial charge in [0, 0.05) is 0 Å². The predicted octanol–water partition coefficient (Wildman–Crippen LogP) is 6.94. The fourth-order valence-electron chi connectivity index (χ4n) is 2.23. The highest BCUT2D eigenvalue weighted by Crippen LogP contribution is 2.58. The van der Waals surface area contributed by atoms with E-state index in [4.69, 9.17) is 10.2 Å². The van der Waals surface area contributed by atoms with Gasteiger partial charge in [-0.3, -0.25) is 0 Å². The minimum absolute atomic E-state index is 0.166. The van der Waals surface area contributed by atoms with Crippen LogP contribution in [-0.4, -0.2) is 64.0 Å². The Bertz CT molecular complexity index is 1140. The Balaban J connectivity index is 3.68. The van der Waals surface area contributed by atoms with Crippen LogP contribution in [0.25, 0.3) is 0 Å². The summed E-state index contributed by atoms with van der Waals surface area (Å²) in [6, 6.07) is -0.311. The third-order valence-corrected chi connectivity index (χ3v) is 4.30. The van der Waals surface area contributed by atoms with Gasteiger partial charge in [0.25, 0.3) is 0 Å². The van der Waals surface area contributed by atoms with E-state index in [0.29, 0.717) is 0 Å². The Morgan fingerprint density at radius 1 is 0.564 bits per heavy atom. The molecule has 1 rings (SSSR count). The van der Waals surface area contributed by atoms with Gasteiger partial charge in [0.1, 0.15) is 5.75 Å². The highest BCUT2D eigenvalue weighted by molar-refractivity contribution is 5.94. The van der Waals surface area contributed by atoms with Crippen LogP contribution in [0.3, 0.4) is 0 Å². The molecule has 5 nitrogen and oxygen atoms in total. The molecule has 0 aliphatic carbocycles. The second-order valence-corrected chi connectivity index (χ2v) is 6.97. The molecule has 0 saturated carbocycles. The lowest BCUT2D eigenvalue weighted by Crippen LogP contribution is -2.62. The monoisotopic (exact) mass is 612 g/mol. The van der Waals surface area contributed by atoms with Crippen molar-refractivity contribution in [1.82, 2.24) is 0 Å². The third kappa shape index (κ3) is 5.36. The van der Waals surface area contributed by atoms with Crippen molar-refractivity contribution in [2.75, 3.05) is 0 Å². The topological polar surface area (TPSA) is 83.8 Å². The molecule has 2 N–H and O–H groups in total. The molecule has 39 heavy (non-hydrogen) atoms. The van der Waals surface area contributed by atoms with Crippen LogP contribution in [0.5, 0.6) is 5.75 Å². The SMILES string of the molecule is O=C(O)c1cc(OC(F)(F)C(F)(F)C(F)(F)/C(F)=C(\F)C(F)(F)C(F)(F)C(F)(F)C(F)(F)F)cc(C(=O)O)c1. The summed E-state index contributed by atoms with van der Waals surface area (Å²) < 4.78 is 228. The second-order valence-electron chi connectivity index (χ2n) is 6.97. The van der Waals surface area contributed by atoms with Crippen LogP contribution in [0, 0.1) is 0 Å². The lowest BCUT2D eigenvalue weighted by molar-refractivity contribution is -0.392. The minimum Gasteiger partial charge on any atom is -0.478 e. The predicted molar refractivity (Wildman–Crippen MR) is 86.0 cm³/mol. The smallest absolute Gasteiger partial charge is 0.471 e. The van der Waals surface area contributed by atoms with E-state index in [0.717, 1.165) is 0 Å². The molecule has 0 heterocycles. The molecule has 0 bridgehead atoms. The van der Waals surface area contributed by atoms with Crippen molar-refractivity contribution in [2.24, 2.45) is 0 Å². The molecule has 22 heteroatoms. The standard InChI is InChI=1S/C17H5F17O5/c18-7(11(20,21)13(24,25)15(28,29)16(30,31)32)8(19)12(22,23)14(26,27)17(33,34)39-6-2-4(9(35)36)1-5(3-6)10(37)38/h1-3H,(H,35,36)(H,37,38)/b8-7+. The number of benzene rings is 1. The van der Waals surface area contributed by atoms with E-state index in [2.05, 4.69) is 4.74 Å². The summed E-state index contributed by atoms with van der Waals surface area (Å²) in [6.45, 7) is 0. The van der Waals surface area contributed by atoms with Crippen molar-refractivity contribution >= 4 is 11.9 Å². The van der Waals surface area contributed by atoms with Crippen LogP contribution in [0.2, 0.25) is 0 Å². The second kappa shape index (κ2) is 9.61. The Morgan fingerprint density at radius 3 is 1.21 bits per heavy atom. The number of hydrogen-bond acceptors (Lipinski definition) is 3. The summed E-state index contributed by atoms with van der Waals surface area (Å²) in [4.78, 5) is 21.7. The molecule has 0 unspecified atom stereocenters. The van der Waals surface area contributed by atoms with Crippen molar-refractivity contribution in [3.8, 4) is 5.75 Å². The molecule has 0 amide bonds. The first kappa shape index (κ1) is 33.5. The van der Waals surface area contributed by atoms with Gasteiger partial charge in [0.05, 0.1) is 11.1 Å². The fourth-order valence-corrected chi connectivity index (χ4v) is 2.23. The third-order valence-electron chi connectivity index (χ3n) is 4.30. The van der Waals surface area contributed by atoms with E-state index in [1.807, 2.05) is 0 Å². The summed E-state index contributed by atoms with van der Waals surface area (Å²) >= 11 is 0. The quantitative estimate of drug-likeness (QED) is 0.280. The normalized spacial score (nSPS) is 15.1. The maximum atomic E-state index is 13.9.